The van der Waals surface area contributed by atoms with Gasteiger partial charge in [0.25, 0.3) is 0 Å². The summed E-state index contributed by atoms with van der Waals surface area (Å²) in [4.78, 5) is 11.8. The Hall–Kier alpha value is -1.55. The number of hydrogen-bond donors (Lipinski definition) is 3. The van der Waals surface area contributed by atoms with Crippen molar-refractivity contribution < 1.29 is 9.90 Å². The number of aliphatic hydroxyl groups is 1. The van der Waals surface area contributed by atoms with Crippen LogP contribution in [0.2, 0.25) is 0 Å². The molecule has 2 rings (SSSR count). The van der Waals surface area contributed by atoms with E-state index in [2.05, 4.69) is 10.6 Å². The van der Waals surface area contributed by atoms with Crippen LogP contribution in [0, 0.1) is 6.92 Å². The fraction of sp³-hybridized carbons (Fsp3) is 0.500. The van der Waals surface area contributed by atoms with Crippen LogP contribution in [-0.2, 0) is 0 Å². The Balaban J connectivity index is 1.86. The maximum Gasteiger partial charge on any atom is 0.319 e. The van der Waals surface area contributed by atoms with E-state index in [-0.39, 0.29) is 12.1 Å². The fourth-order valence-corrected chi connectivity index (χ4v) is 2.25. The van der Waals surface area contributed by atoms with Gasteiger partial charge in [-0.05, 0) is 31.9 Å². The van der Waals surface area contributed by atoms with Gasteiger partial charge in [0.1, 0.15) is 0 Å². The molecule has 1 saturated carbocycles. The maximum atomic E-state index is 11.8. The molecule has 4 nitrogen and oxygen atoms in total. The van der Waals surface area contributed by atoms with Crippen molar-refractivity contribution in [1.82, 2.24) is 5.32 Å². The van der Waals surface area contributed by atoms with Gasteiger partial charge in [0.2, 0.25) is 0 Å². The van der Waals surface area contributed by atoms with E-state index in [0.717, 1.165) is 36.9 Å². The first-order valence-corrected chi connectivity index (χ1v) is 6.47. The molecule has 0 aliphatic heterocycles. The van der Waals surface area contributed by atoms with E-state index in [4.69, 9.17) is 0 Å². The number of aryl methyl sites for hydroxylation is 1. The zero-order valence-corrected chi connectivity index (χ0v) is 10.6. The first kappa shape index (κ1) is 12.9. The molecule has 98 valence electrons. The van der Waals surface area contributed by atoms with Gasteiger partial charge >= 0.3 is 6.03 Å². The summed E-state index contributed by atoms with van der Waals surface area (Å²) in [5.41, 5.74) is 1.92. The number of rotatable bonds is 2. The molecule has 18 heavy (non-hydrogen) atoms. The molecule has 0 saturated heterocycles. The second-order valence-electron chi connectivity index (χ2n) is 4.92. The van der Waals surface area contributed by atoms with Crippen LogP contribution in [-0.4, -0.2) is 23.3 Å². The molecule has 0 heterocycles. The standard InChI is InChI=1S/C14H20N2O2/c1-10-6-8-11(9-7-10)15-14(18)16-12-4-2-3-5-13(12)17/h6-9,12-13,17H,2-5H2,1H3,(H2,15,16,18)/t12-,13+/m0/s1. The Morgan fingerprint density at radius 2 is 1.89 bits per heavy atom. The minimum absolute atomic E-state index is 0.121. The van der Waals surface area contributed by atoms with Crippen molar-refractivity contribution in [2.45, 2.75) is 44.8 Å². The Morgan fingerprint density at radius 3 is 2.56 bits per heavy atom. The van der Waals surface area contributed by atoms with Crippen LogP contribution in [0.15, 0.2) is 24.3 Å². The van der Waals surface area contributed by atoms with Crippen molar-refractivity contribution >= 4 is 11.7 Å². The highest BCUT2D eigenvalue weighted by atomic mass is 16.3. The van der Waals surface area contributed by atoms with E-state index < -0.39 is 6.10 Å². The topological polar surface area (TPSA) is 61.4 Å². The number of aliphatic hydroxyl groups excluding tert-OH is 1. The SMILES string of the molecule is Cc1ccc(NC(=O)N[C@H]2CCCC[C@H]2O)cc1. The number of benzene rings is 1. The highest BCUT2D eigenvalue weighted by Crippen LogP contribution is 2.18. The molecule has 1 aliphatic rings. The lowest BCUT2D eigenvalue weighted by Crippen LogP contribution is -2.46. The number of carbonyl (C=O) groups is 1. The number of urea groups is 1. The molecule has 0 aromatic heterocycles. The Morgan fingerprint density at radius 1 is 1.22 bits per heavy atom. The predicted octanol–water partition coefficient (Wildman–Crippen LogP) is 2.42. The lowest BCUT2D eigenvalue weighted by molar-refractivity contribution is 0.0955. The molecule has 2 atom stereocenters. The van der Waals surface area contributed by atoms with E-state index in [1.807, 2.05) is 31.2 Å². The minimum atomic E-state index is -0.414. The van der Waals surface area contributed by atoms with Crippen LogP contribution in [0.4, 0.5) is 10.5 Å². The quantitative estimate of drug-likeness (QED) is 0.752. The summed E-state index contributed by atoms with van der Waals surface area (Å²) in [5.74, 6) is 0. The molecule has 0 unspecified atom stereocenters. The van der Waals surface area contributed by atoms with Gasteiger partial charge < -0.3 is 15.7 Å². The molecule has 0 radical (unpaired) electrons. The zero-order valence-electron chi connectivity index (χ0n) is 10.6. The Kier molecular flexibility index (Phi) is 4.20. The summed E-state index contributed by atoms with van der Waals surface area (Å²) >= 11 is 0. The number of carbonyl (C=O) groups excluding carboxylic acids is 1. The summed E-state index contributed by atoms with van der Waals surface area (Å²) in [6, 6.07) is 7.27. The highest BCUT2D eigenvalue weighted by Gasteiger charge is 2.24. The average Bonchev–Trinajstić information content (AvgIpc) is 2.35. The van der Waals surface area contributed by atoms with Gasteiger partial charge in [-0.1, -0.05) is 30.5 Å². The molecule has 1 aromatic carbocycles. The van der Waals surface area contributed by atoms with Crippen molar-refractivity contribution in [3.63, 3.8) is 0 Å². The van der Waals surface area contributed by atoms with Gasteiger partial charge in [-0.25, -0.2) is 4.79 Å². The predicted molar refractivity (Wildman–Crippen MR) is 71.6 cm³/mol. The Labute approximate surface area is 107 Å². The molecule has 1 aromatic rings. The van der Waals surface area contributed by atoms with Gasteiger partial charge in [-0.2, -0.15) is 0 Å². The normalized spacial score (nSPS) is 23.4. The monoisotopic (exact) mass is 248 g/mol. The minimum Gasteiger partial charge on any atom is -0.391 e. The number of hydrogen-bond acceptors (Lipinski definition) is 2. The molecular formula is C14H20N2O2. The molecule has 2 amide bonds. The van der Waals surface area contributed by atoms with Crippen molar-refractivity contribution in [3.8, 4) is 0 Å². The van der Waals surface area contributed by atoms with E-state index in [1.165, 1.54) is 0 Å². The largest absolute Gasteiger partial charge is 0.391 e. The highest BCUT2D eigenvalue weighted by molar-refractivity contribution is 5.89. The summed E-state index contributed by atoms with van der Waals surface area (Å²) in [6.45, 7) is 2.00. The van der Waals surface area contributed by atoms with E-state index in [1.54, 1.807) is 0 Å². The maximum absolute atomic E-state index is 11.8. The van der Waals surface area contributed by atoms with Crippen molar-refractivity contribution in [2.24, 2.45) is 0 Å². The van der Waals surface area contributed by atoms with Gasteiger partial charge in [0, 0.05) is 5.69 Å². The van der Waals surface area contributed by atoms with Crippen LogP contribution >= 0.6 is 0 Å². The zero-order chi connectivity index (χ0) is 13.0. The molecular weight excluding hydrogens is 228 g/mol. The van der Waals surface area contributed by atoms with Crippen LogP contribution in [0.3, 0.4) is 0 Å². The Bertz CT molecular complexity index is 403. The van der Waals surface area contributed by atoms with Crippen molar-refractivity contribution in [3.05, 3.63) is 29.8 Å². The van der Waals surface area contributed by atoms with Crippen molar-refractivity contribution in [2.75, 3.05) is 5.32 Å². The lowest BCUT2D eigenvalue weighted by Gasteiger charge is -2.28. The third kappa shape index (κ3) is 3.47. The number of anilines is 1. The second kappa shape index (κ2) is 5.87. The van der Waals surface area contributed by atoms with Crippen LogP contribution in [0.1, 0.15) is 31.2 Å². The van der Waals surface area contributed by atoms with Crippen LogP contribution < -0.4 is 10.6 Å². The smallest absolute Gasteiger partial charge is 0.319 e. The van der Waals surface area contributed by atoms with Gasteiger partial charge in [-0.3, -0.25) is 0 Å². The lowest BCUT2D eigenvalue weighted by atomic mass is 9.93. The third-order valence-electron chi connectivity index (χ3n) is 3.36. The number of nitrogens with one attached hydrogen (secondary N) is 2. The molecule has 3 N–H and O–H groups in total. The number of amides is 2. The summed E-state index contributed by atoms with van der Waals surface area (Å²) in [7, 11) is 0. The van der Waals surface area contributed by atoms with E-state index >= 15 is 0 Å². The molecule has 4 heteroatoms. The average molecular weight is 248 g/mol. The fourth-order valence-electron chi connectivity index (χ4n) is 2.25. The molecule has 1 aliphatic carbocycles. The first-order chi connectivity index (χ1) is 8.65. The van der Waals surface area contributed by atoms with E-state index in [9.17, 15) is 9.90 Å². The van der Waals surface area contributed by atoms with Gasteiger partial charge in [0.15, 0.2) is 0 Å². The van der Waals surface area contributed by atoms with Crippen LogP contribution in [0.5, 0.6) is 0 Å². The molecule has 1 fully saturated rings. The first-order valence-electron chi connectivity index (χ1n) is 6.47. The third-order valence-corrected chi connectivity index (χ3v) is 3.36. The molecule has 0 spiro atoms. The van der Waals surface area contributed by atoms with E-state index in [0.29, 0.717) is 0 Å². The van der Waals surface area contributed by atoms with Gasteiger partial charge in [-0.15, -0.1) is 0 Å². The van der Waals surface area contributed by atoms with Crippen LogP contribution in [0.25, 0.3) is 0 Å². The summed E-state index contributed by atoms with van der Waals surface area (Å²) < 4.78 is 0. The van der Waals surface area contributed by atoms with Gasteiger partial charge in [0.05, 0.1) is 12.1 Å². The van der Waals surface area contributed by atoms with Crippen molar-refractivity contribution in [1.29, 1.82) is 0 Å². The molecule has 0 bridgehead atoms. The second-order valence-corrected chi connectivity index (χ2v) is 4.92. The summed E-state index contributed by atoms with van der Waals surface area (Å²) in [6.07, 6.45) is 3.31. The summed E-state index contributed by atoms with van der Waals surface area (Å²) in [5, 5.41) is 15.4.